The Morgan fingerprint density at radius 3 is 2.62 bits per heavy atom. The predicted molar refractivity (Wildman–Crippen MR) is 71.5 cm³/mol. The quantitative estimate of drug-likeness (QED) is 0.789. The number of anilines is 1. The van der Waals surface area contributed by atoms with E-state index in [4.69, 9.17) is 5.73 Å². The Labute approximate surface area is 117 Å². The summed E-state index contributed by atoms with van der Waals surface area (Å²) in [4.78, 5) is 4.01. The van der Waals surface area contributed by atoms with Gasteiger partial charge in [0, 0.05) is 13.2 Å². The van der Waals surface area contributed by atoms with Gasteiger partial charge in [0.15, 0.2) is 0 Å². The van der Waals surface area contributed by atoms with Gasteiger partial charge in [-0.3, -0.25) is 4.68 Å². The molecule has 8 heteroatoms. The van der Waals surface area contributed by atoms with Gasteiger partial charge in [-0.15, -0.1) is 0 Å². The highest BCUT2D eigenvalue weighted by atomic mass is 19.4. The van der Waals surface area contributed by atoms with E-state index in [0.29, 0.717) is 12.1 Å². The van der Waals surface area contributed by atoms with Crippen molar-refractivity contribution in [1.82, 2.24) is 19.3 Å². The van der Waals surface area contributed by atoms with Crippen LogP contribution in [0.25, 0.3) is 11.0 Å². The van der Waals surface area contributed by atoms with E-state index in [0.717, 1.165) is 17.8 Å². The number of nitrogens with two attached hydrogens (primary N) is 1. The van der Waals surface area contributed by atoms with Crippen LogP contribution in [0.3, 0.4) is 0 Å². The molecule has 2 aromatic heterocycles. The molecule has 0 saturated carbocycles. The van der Waals surface area contributed by atoms with Crippen molar-refractivity contribution in [2.24, 2.45) is 7.05 Å². The molecule has 21 heavy (non-hydrogen) atoms. The van der Waals surface area contributed by atoms with E-state index in [2.05, 4.69) is 10.1 Å². The predicted octanol–water partition coefficient (Wildman–Crippen LogP) is 2.42. The number of benzene rings is 1. The average molecular weight is 295 g/mol. The molecule has 3 rings (SSSR count). The second kappa shape index (κ2) is 4.51. The second-order valence-corrected chi connectivity index (χ2v) is 4.70. The smallest absolute Gasteiger partial charge is 0.369 e. The summed E-state index contributed by atoms with van der Waals surface area (Å²) in [7, 11) is 1.78. The van der Waals surface area contributed by atoms with Crippen LogP contribution in [0.1, 0.15) is 11.3 Å². The first-order valence-corrected chi connectivity index (χ1v) is 6.16. The Bertz CT molecular complexity index is 800. The summed E-state index contributed by atoms with van der Waals surface area (Å²) in [5.41, 5.74) is 6.74. The second-order valence-electron chi connectivity index (χ2n) is 4.70. The molecule has 0 bridgehead atoms. The molecule has 2 heterocycles. The zero-order valence-corrected chi connectivity index (χ0v) is 11.1. The van der Waals surface area contributed by atoms with E-state index in [1.165, 1.54) is 6.07 Å². The van der Waals surface area contributed by atoms with Crippen LogP contribution in [0, 0.1) is 0 Å². The van der Waals surface area contributed by atoms with Crippen molar-refractivity contribution in [2.75, 3.05) is 5.73 Å². The molecule has 0 spiro atoms. The van der Waals surface area contributed by atoms with E-state index >= 15 is 0 Å². The van der Waals surface area contributed by atoms with Crippen LogP contribution in [-0.4, -0.2) is 19.3 Å². The van der Waals surface area contributed by atoms with E-state index in [1.807, 2.05) is 6.07 Å². The molecule has 0 unspecified atom stereocenters. The third-order valence-electron chi connectivity index (χ3n) is 3.35. The maximum Gasteiger partial charge on any atom is 0.416 e. The van der Waals surface area contributed by atoms with Gasteiger partial charge in [0.1, 0.15) is 0 Å². The minimum absolute atomic E-state index is 0.172. The summed E-state index contributed by atoms with van der Waals surface area (Å²) >= 11 is 0. The fraction of sp³-hybridized carbons (Fsp3) is 0.231. The first-order valence-electron chi connectivity index (χ1n) is 6.16. The molecule has 0 amide bonds. The average Bonchev–Trinajstić information content (AvgIpc) is 2.93. The van der Waals surface area contributed by atoms with Gasteiger partial charge in [0.05, 0.1) is 28.8 Å². The maximum atomic E-state index is 12.7. The lowest BCUT2D eigenvalue weighted by atomic mass is 10.2. The number of hydrogen-bond donors (Lipinski definition) is 1. The largest absolute Gasteiger partial charge is 0.416 e. The van der Waals surface area contributed by atoms with E-state index in [1.54, 1.807) is 22.5 Å². The molecule has 0 atom stereocenters. The van der Waals surface area contributed by atoms with Gasteiger partial charge in [-0.2, -0.15) is 18.3 Å². The first-order chi connectivity index (χ1) is 9.86. The Morgan fingerprint density at radius 1 is 1.24 bits per heavy atom. The number of alkyl halides is 3. The number of nitrogens with zero attached hydrogens (tertiary/aromatic N) is 4. The number of hydrogen-bond acceptors (Lipinski definition) is 3. The molecule has 1 aromatic carbocycles. The van der Waals surface area contributed by atoms with Crippen LogP contribution < -0.4 is 5.73 Å². The lowest BCUT2D eigenvalue weighted by molar-refractivity contribution is -0.137. The van der Waals surface area contributed by atoms with Gasteiger partial charge >= 0.3 is 6.18 Å². The van der Waals surface area contributed by atoms with Crippen LogP contribution in [0.2, 0.25) is 0 Å². The third kappa shape index (κ3) is 2.32. The van der Waals surface area contributed by atoms with E-state index < -0.39 is 11.7 Å². The van der Waals surface area contributed by atoms with Crippen LogP contribution in [0.15, 0.2) is 30.5 Å². The number of nitrogen functional groups attached to an aromatic ring is 1. The van der Waals surface area contributed by atoms with E-state index in [9.17, 15) is 13.2 Å². The highest BCUT2D eigenvalue weighted by Crippen LogP contribution is 2.32. The number of aryl methyl sites for hydroxylation is 1. The van der Waals surface area contributed by atoms with Crippen molar-refractivity contribution >= 4 is 17.0 Å². The van der Waals surface area contributed by atoms with Gasteiger partial charge in [-0.05, 0) is 24.3 Å². The summed E-state index contributed by atoms with van der Waals surface area (Å²) in [6, 6.07) is 5.24. The molecule has 0 fully saturated rings. The Morgan fingerprint density at radius 2 is 2.00 bits per heavy atom. The lowest BCUT2D eigenvalue weighted by Gasteiger charge is -2.08. The van der Waals surface area contributed by atoms with Gasteiger partial charge < -0.3 is 10.3 Å². The SMILES string of the molecule is Cn1nccc1Cn1c(N)nc2cc(C(F)(F)F)ccc21. The van der Waals surface area contributed by atoms with Gasteiger partial charge in [-0.1, -0.05) is 0 Å². The van der Waals surface area contributed by atoms with Crippen LogP contribution >= 0.6 is 0 Å². The van der Waals surface area contributed by atoms with Crippen LogP contribution in [0.5, 0.6) is 0 Å². The summed E-state index contributed by atoms with van der Waals surface area (Å²) in [5, 5.41) is 4.05. The van der Waals surface area contributed by atoms with Crippen molar-refractivity contribution in [1.29, 1.82) is 0 Å². The fourth-order valence-electron chi connectivity index (χ4n) is 2.21. The van der Waals surface area contributed by atoms with E-state index in [-0.39, 0.29) is 11.5 Å². The zero-order valence-electron chi connectivity index (χ0n) is 11.1. The molecule has 0 saturated heterocycles. The summed E-state index contributed by atoms with van der Waals surface area (Å²) in [6.45, 7) is 0.393. The van der Waals surface area contributed by atoms with Crippen molar-refractivity contribution < 1.29 is 13.2 Å². The molecule has 5 nitrogen and oxygen atoms in total. The summed E-state index contributed by atoms with van der Waals surface area (Å²) in [6.07, 6.45) is -2.75. The minimum atomic E-state index is -4.39. The minimum Gasteiger partial charge on any atom is -0.369 e. The third-order valence-corrected chi connectivity index (χ3v) is 3.35. The van der Waals surface area contributed by atoms with Crippen LogP contribution in [0.4, 0.5) is 19.1 Å². The molecule has 0 aliphatic rings. The maximum absolute atomic E-state index is 12.7. The first kappa shape index (κ1) is 13.5. The van der Waals surface area contributed by atoms with Gasteiger partial charge in [-0.25, -0.2) is 4.98 Å². The normalized spacial score (nSPS) is 12.2. The summed E-state index contributed by atoms with van der Waals surface area (Å²) < 4.78 is 41.4. The molecular weight excluding hydrogens is 283 g/mol. The van der Waals surface area contributed by atoms with Crippen LogP contribution in [-0.2, 0) is 19.8 Å². The Kier molecular flexibility index (Phi) is 2.89. The monoisotopic (exact) mass is 295 g/mol. The molecular formula is C13H12F3N5. The highest BCUT2D eigenvalue weighted by Gasteiger charge is 2.31. The van der Waals surface area contributed by atoms with Crippen molar-refractivity contribution in [3.63, 3.8) is 0 Å². The highest BCUT2D eigenvalue weighted by molar-refractivity contribution is 5.79. The topological polar surface area (TPSA) is 61.7 Å². The number of rotatable bonds is 2. The standard InChI is InChI=1S/C13H12F3N5/c1-20-9(4-5-18-20)7-21-11-3-2-8(13(14,15)16)6-10(11)19-12(21)17/h2-6H,7H2,1H3,(H2,17,19). The van der Waals surface area contributed by atoms with Gasteiger partial charge in [0.25, 0.3) is 0 Å². The lowest BCUT2D eigenvalue weighted by Crippen LogP contribution is -2.08. The number of fused-ring (bicyclic) bond motifs is 1. The zero-order chi connectivity index (χ0) is 15.2. The number of imidazole rings is 1. The summed E-state index contributed by atoms with van der Waals surface area (Å²) in [5.74, 6) is 0.172. The Hall–Kier alpha value is -2.51. The molecule has 3 aromatic rings. The Balaban J connectivity index is 2.08. The van der Waals surface area contributed by atoms with Crippen molar-refractivity contribution in [3.8, 4) is 0 Å². The molecule has 0 aliphatic heterocycles. The van der Waals surface area contributed by atoms with Crippen molar-refractivity contribution in [2.45, 2.75) is 12.7 Å². The van der Waals surface area contributed by atoms with Gasteiger partial charge in [0.2, 0.25) is 5.95 Å². The molecule has 110 valence electrons. The number of aromatic nitrogens is 4. The molecule has 2 N–H and O–H groups in total. The molecule has 0 aliphatic carbocycles. The fourth-order valence-corrected chi connectivity index (χ4v) is 2.21. The molecule has 0 radical (unpaired) electrons. The van der Waals surface area contributed by atoms with Crippen molar-refractivity contribution in [3.05, 3.63) is 41.7 Å². The number of halogens is 3.